The zero-order valence-corrected chi connectivity index (χ0v) is 17.3. The normalized spacial score (nSPS) is 10.4. The molecule has 1 amide bonds. The molecule has 5 N–H and O–H groups in total. The van der Waals surface area contributed by atoms with Crippen LogP contribution in [0.5, 0.6) is 11.5 Å². The Hall–Kier alpha value is -4.08. The number of rotatable bonds is 10. The minimum Gasteiger partial charge on any atom is -0.490 e. The number of ether oxygens (including phenoxy) is 3. The van der Waals surface area contributed by atoms with E-state index in [1.54, 1.807) is 49.4 Å². The fraction of sp³-hybridized carbons (Fsp3) is 0.238. The number of hydrogen-bond acceptors (Lipinski definition) is 7. The van der Waals surface area contributed by atoms with Gasteiger partial charge in [0.2, 0.25) is 5.96 Å². The Bertz CT molecular complexity index is 953. The van der Waals surface area contributed by atoms with Crippen molar-refractivity contribution in [2.75, 3.05) is 25.1 Å². The van der Waals surface area contributed by atoms with Crippen LogP contribution in [0.2, 0.25) is 0 Å². The first kappa shape index (κ1) is 23.2. The number of anilines is 1. The van der Waals surface area contributed by atoms with Gasteiger partial charge < -0.3 is 31.0 Å². The third-order valence-electron chi connectivity index (χ3n) is 3.69. The highest BCUT2D eigenvalue weighted by Gasteiger charge is 2.10. The molecule has 164 valence electrons. The van der Waals surface area contributed by atoms with Crippen LogP contribution in [-0.4, -0.2) is 43.9 Å². The van der Waals surface area contributed by atoms with E-state index >= 15 is 0 Å². The van der Waals surface area contributed by atoms with Crippen molar-refractivity contribution in [1.29, 1.82) is 0 Å². The maximum atomic E-state index is 12.2. The first-order valence-corrected chi connectivity index (χ1v) is 9.51. The smallest absolute Gasteiger partial charge is 0.338 e. The molecule has 0 unspecified atom stereocenters. The Labute approximate surface area is 179 Å². The molecule has 2 aromatic carbocycles. The first-order chi connectivity index (χ1) is 14.9. The van der Waals surface area contributed by atoms with Crippen LogP contribution in [0.4, 0.5) is 5.69 Å². The van der Waals surface area contributed by atoms with Gasteiger partial charge in [0.15, 0.2) is 18.1 Å². The zero-order chi connectivity index (χ0) is 22.6. The molecular weight excluding hydrogens is 402 g/mol. The number of esters is 1. The molecule has 0 spiro atoms. The third kappa shape index (κ3) is 7.69. The number of guanidine groups is 1. The van der Waals surface area contributed by atoms with Gasteiger partial charge in [-0.25, -0.2) is 4.79 Å². The summed E-state index contributed by atoms with van der Waals surface area (Å²) in [4.78, 5) is 23.9. The molecule has 2 aromatic rings. The van der Waals surface area contributed by atoms with E-state index in [4.69, 9.17) is 25.7 Å². The molecule has 0 aromatic heterocycles. The van der Waals surface area contributed by atoms with Gasteiger partial charge in [-0.05, 0) is 61.9 Å². The molecular formula is C21H25N5O5. The molecule has 0 saturated heterocycles. The molecule has 0 aliphatic rings. The molecule has 0 radical (unpaired) electrons. The second-order valence-corrected chi connectivity index (χ2v) is 6.04. The van der Waals surface area contributed by atoms with Crippen LogP contribution < -0.4 is 26.3 Å². The third-order valence-corrected chi connectivity index (χ3v) is 3.69. The number of carbonyl (C=O) groups is 2. The lowest BCUT2D eigenvalue weighted by Crippen LogP contribution is -2.21. The maximum Gasteiger partial charge on any atom is 0.338 e. The lowest BCUT2D eigenvalue weighted by Gasteiger charge is -2.12. The van der Waals surface area contributed by atoms with Crippen LogP contribution in [0.3, 0.4) is 0 Å². The van der Waals surface area contributed by atoms with E-state index in [2.05, 4.69) is 15.5 Å². The number of nitrogens with one attached hydrogen (secondary N) is 1. The van der Waals surface area contributed by atoms with E-state index in [0.29, 0.717) is 41.5 Å². The van der Waals surface area contributed by atoms with E-state index in [9.17, 15) is 9.59 Å². The molecule has 2 rings (SSSR count). The van der Waals surface area contributed by atoms with Crippen LogP contribution >= 0.6 is 0 Å². The van der Waals surface area contributed by atoms with Crippen LogP contribution in [0, 0.1) is 0 Å². The SMILES string of the molecule is CCOC(=O)c1ccc(NC(=O)COc2ccc(C=NN=C(N)N)cc2OCC)cc1. The predicted octanol–water partition coefficient (Wildman–Crippen LogP) is 1.89. The first-order valence-electron chi connectivity index (χ1n) is 9.51. The quantitative estimate of drug-likeness (QED) is 0.227. The number of nitrogens with two attached hydrogens (primary N) is 2. The van der Waals surface area contributed by atoms with E-state index < -0.39 is 5.97 Å². The average molecular weight is 427 g/mol. The van der Waals surface area contributed by atoms with Gasteiger partial charge >= 0.3 is 5.97 Å². The average Bonchev–Trinajstić information content (AvgIpc) is 2.74. The van der Waals surface area contributed by atoms with E-state index in [-0.39, 0.29) is 18.5 Å². The van der Waals surface area contributed by atoms with Crippen molar-refractivity contribution in [2.24, 2.45) is 21.7 Å². The van der Waals surface area contributed by atoms with Crippen molar-refractivity contribution in [1.82, 2.24) is 0 Å². The summed E-state index contributed by atoms with van der Waals surface area (Å²) in [7, 11) is 0. The summed E-state index contributed by atoms with van der Waals surface area (Å²) in [5.41, 5.74) is 12.1. The van der Waals surface area contributed by atoms with Crippen LogP contribution in [0.25, 0.3) is 0 Å². The topological polar surface area (TPSA) is 151 Å². The van der Waals surface area contributed by atoms with Crippen molar-refractivity contribution in [3.05, 3.63) is 53.6 Å². The highest BCUT2D eigenvalue weighted by atomic mass is 16.5. The van der Waals surface area contributed by atoms with Crippen molar-refractivity contribution in [3.8, 4) is 11.5 Å². The molecule has 10 nitrogen and oxygen atoms in total. The minimum atomic E-state index is -0.418. The molecule has 0 bridgehead atoms. The van der Waals surface area contributed by atoms with Gasteiger partial charge in [0.05, 0.1) is 25.0 Å². The summed E-state index contributed by atoms with van der Waals surface area (Å²) in [5, 5.41) is 9.97. The number of benzene rings is 2. The minimum absolute atomic E-state index is 0.150. The lowest BCUT2D eigenvalue weighted by atomic mass is 10.2. The van der Waals surface area contributed by atoms with Gasteiger partial charge in [0.25, 0.3) is 5.91 Å². The number of carbonyl (C=O) groups excluding carboxylic acids is 2. The van der Waals surface area contributed by atoms with Gasteiger partial charge in [0, 0.05) is 5.69 Å². The molecule has 0 atom stereocenters. The second-order valence-electron chi connectivity index (χ2n) is 6.04. The van der Waals surface area contributed by atoms with Crippen LogP contribution in [0.15, 0.2) is 52.7 Å². The largest absolute Gasteiger partial charge is 0.490 e. The van der Waals surface area contributed by atoms with E-state index in [0.717, 1.165) is 0 Å². The second kappa shape index (κ2) is 11.8. The van der Waals surface area contributed by atoms with Crippen LogP contribution in [0.1, 0.15) is 29.8 Å². The van der Waals surface area contributed by atoms with Crippen molar-refractivity contribution in [2.45, 2.75) is 13.8 Å². The highest BCUT2D eigenvalue weighted by molar-refractivity contribution is 5.93. The fourth-order valence-electron chi connectivity index (χ4n) is 2.40. The summed E-state index contributed by atoms with van der Waals surface area (Å²) in [5.74, 6) is -0.0946. The van der Waals surface area contributed by atoms with Crippen molar-refractivity contribution in [3.63, 3.8) is 0 Å². The van der Waals surface area contributed by atoms with Crippen molar-refractivity contribution < 1.29 is 23.8 Å². The molecule has 0 aliphatic heterocycles. The Morgan fingerprint density at radius 1 is 1.00 bits per heavy atom. The van der Waals surface area contributed by atoms with Gasteiger partial charge in [-0.3, -0.25) is 4.79 Å². The number of hydrogen-bond donors (Lipinski definition) is 3. The fourth-order valence-corrected chi connectivity index (χ4v) is 2.40. The standard InChI is InChI=1S/C21H25N5O5/c1-3-29-18-11-14(12-24-26-21(22)23)5-10-17(18)31-13-19(27)25-16-8-6-15(7-9-16)20(28)30-4-2/h5-12H,3-4,13H2,1-2H3,(H,25,27)(H4,22,23,26). The summed E-state index contributed by atoms with van der Waals surface area (Å²) in [6.45, 7) is 4.03. The Morgan fingerprint density at radius 3 is 2.39 bits per heavy atom. The Balaban J connectivity index is 1.98. The summed E-state index contributed by atoms with van der Waals surface area (Å²) in [6.07, 6.45) is 1.46. The van der Waals surface area contributed by atoms with Gasteiger partial charge in [0.1, 0.15) is 0 Å². The Morgan fingerprint density at radius 2 is 1.74 bits per heavy atom. The summed E-state index contributed by atoms with van der Waals surface area (Å²) >= 11 is 0. The van der Waals surface area contributed by atoms with Gasteiger partial charge in [-0.1, -0.05) is 0 Å². The molecule has 0 saturated carbocycles. The summed E-state index contributed by atoms with van der Waals surface area (Å²) < 4.78 is 16.1. The molecule has 0 heterocycles. The molecule has 31 heavy (non-hydrogen) atoms. The zero-order valence-electron chi connectivity index (χ0n) is 17.3. The maximum absolute atomic E-state index is 12.2. The molecule has 10 heteroatoms. The monoisotopic (exact) mass is 427 g/mol. The number of amides is 1. The lowest BCUT2D eigenvalue weighted by molar-refractivity contribution is -0.118. The summed E-state index contributed by atoms with van der Waals surface area (Å²) in [6, 6.07) is 11.4. The van der Waals surface area contributed by atoms with Crippen LogP contribution in [-0.2, 0) is 9.53 Å². The highest BCUT2D eigenvalue weighted by Crippen LogP contribution is 2.28. The molecule has 0 aliphatic carbocycles. The van der Waals surface area contributed by atoms with Gasteiger partial charge in [-0.2, -0.15) is 5.10 Å². The van der Waals surface area contributed by atoms with Crippen molar-refractivity contribution >= 4 is 29.7 Å². The number of nitrogens with zero attached hydrogens (tertiary/aromatic N) is 2. The van der Waals surface area contributed by atoms with E-state index in [1.807, 2.05) is 6.92 Å². The molecule has 0 fully saturated rings. The van der Waals surface area contributed by atoms with E-state index in [1.165, 1.54) is 6.21 Å². The predicted molar refractivity (Wildman–Crippen MR) is 118 cm³/mol. The van der Waals surface area contributed by atoms with Gasteiger partial charge in [-0.15, -0.1) is 5.10 Å². The Kier molecular flexibility index (Phi) is 8.84.